The van der Waals surface area contributed by atoms with Gasteiger partial charge < -0.3 is 10.0 Å². The summed E-state index contributed by atoms with van der Waals surface area (Å²) >= 11 is 0. The van der Waals surface area contributed by atoms with E-state index < -0.39 is 12.1 Å². The summed E-state index contributed by atoms with van der Waals surface area (Å²) in [6, 6.07) is 6.15. The van der Waals surface area contributed by atoms with E-state index in [9.17, 15) is 13.2 Å². The van der Waals surface area contributed by atoms with Gasteiger partial charge >= 0.3 is 12.1 Å². The Labute approximate surface area is 166 Å². The smallest absolute Gasteiger partial charge is 0.475 e. The van der Waals surface area contributed by atoms with Crippen LogP contribution in [0, 0.1) is 18.8 Å². The van der Waals surface area contributed by atoms with E-state index >= 15 is 0 Å². The Bertz CT molecular complexity index is 803. The van der Waals surface area contributed by atoms with Crippen molar-refractivity contribution in [3.8, 4) is 0 Å². The highest BCUT2D eigenvalue weighted by atomic mass is 19.4. The van der Waals surface area contributed by atoms with Crippen molar-refractivity contribution >= 4 is 11.9 Å². The van der Waals surface area contributed by atoms with Crippen LogP contribution >= 0.6 is 0 Å². The fourth-order valence-corrected chi connectivity index (χ4v) is 3.65. The molecule has 4 heterocycles. The summed E-state index contributed by atoms with van der Waals surface area (Å²) in [6.45, 7) is 7.46. The Kier molecular flexibility index (Phi) is 6.31. The number of nitrogens with zero attached hydrogens (tertiary/aromatic N) is 5. The van der Waals surface area contributed by atoms with Gasteiger partial charge in [0.05, 0.1) is 5.69 Å². The van der Waals surface area contributed by atoms with Crippen molar-refractivity contribution in [2.45, 2.75) is 19.6 Å². The number of rotatable bonds is 3. The molecule has 4 rings (SSSR count). The van der Waals surface area contributed by atoms with Gasteiger partial charge in [-0.1, -0.05) is 6.07 Å². The second-order valence-corrected chi connectivity index (χ2v) is 7.30. The maximum absolute atomic E-state index is 10.6. The summed E-state index contributed by atoms with van der Waals surface area (Å²) in [6.07, 6.45) is 0.607. The van der Waals surface area contributed by atoms with E-state index in [0.717, 1.165) is 56.1 Å². The van der Waals surface area contributed by atoms with Crippen LogP contribution < -0.4 is 4.90 Å². The minimum Gasteiger partial charge on any atom is -0.475 e. The summed E-state index contributed by atoms with van der Waals surface area (Å²) in [7, 11) is 0. The minimum absolute atomic E-state index is 0.730. The van der Waals surface area contributed by atoms with Crippen molar-refractivity contribution < 1.29 is 23.1 Å². The number of anilines is 1. The molecule has 0 saturated carbocycles. The maximum atomic E-state index is 10.6. The number of carboxylic acids is 1. The van der Waals surface area contributed by atoms with E-state index in [1.165, 1.54) is 5.69 Å². The van der Waals surface area contributed by atoms with Gasteiger partial charge in [-0.2, -0.15) is 13.2 Å². The number of alkyl halides is 3. The number of hydrogen-bond donors (Lipinski definition) is 1. The first-order valence-electron chi connectivity index (χ1n) is 9.18. The topological polar surface area (TPSA) is 82.5 Å². The first-order valence-corrected chi connectivity index (χ1v) is 9.18. The average Bonchev–Trinajstić information content (AvgIpc) is 3.21. The zero-order chi connectivity index (χ0) is 21.0. The summed E-state index contributed by atoms with van der Waals surface area (Å²) in [4.78, 5) is 27.1. The van der Waals surface area contributed by atoms with E-state index in [-0.39, 0.29) is 0 Å². The molecular weight excluding hydrogens is 387 g/mol. The molecule has 2 aliphatic rings. The molecule has 0 unspecified atom stereocenters. The van der Waals surface area contributed by atoms with Crippen molar-refractivity contribution in [3.63, 3.8) is 0 Å². The van der Waals surface area contributed by atoms with Crippen LogP contribution in [0.5, 0.6) is 0 Å². The molecule has 0 aromatic carbocycles. The van der Waals surface area contributed by atoms with Crippen LogP contribution in [0.2, 0.25) is 0 Å². The molecule has 2 saturated heterocycles. The zero-order valence-electron chi connectivity index (χ0n) is 15.9. The Morgan fingerprint density at radius 1 is 1.10 bits per heavy atom. The van der Waals surface area contributed by atoms with Crippen LogP contribution in [0.25, 0.3) is 0 Å². The number of aromatic nitrogens is 3. The molecule has 156 valence electrons. The normalized spacial score (nSPS) is 21.4. The predicted octanol–water partition coefficient (Wildman–Crippen LogP) is 2.38. The highest BCUT2D eigenvalue weighted by Gasteiger charge is 2.40. The van der Waals surface area contributed by atoms with Gasteiger partial charge in [-0.15, -0.1) is 0 Å². The van der Waals surface area contributed by atoms with Gasteiger partial charge in [0.2, 0.25) is 5.95 Å². The number of aryl methyl sites for hydroxylation is 1. The van der Waals surface area contributed by atoms with Crippen molar-refractivity contribution in [2.75, 3.05) is 31.1 Å². The first kappa shape index (κ1) is 21.0. The number of halogens is 3. The van der Waals surface area contributed by atoms with Crippen molar-refractivity contribution in [2.24, 2.45) is 11.8 Å². The van der Waals surface area contributed by atoms with Crippen LogP contribution in [0.1, 0.15) is 11.3 Å². The standard InChI is InChI=1S/C17H21N5.C2HF3O2/c1-13-6-19-17(20-7-13)22-10-14-8-21(9-15(14)11-22)12-16-4-2-3-5-18-16;3-2(4,5)1(6)7/h2-7,14-15H,8-12H2,1H3;(H,6,7)/t14-,15+;. The molecule has 2 aliphatic heterocycles. The average molecular weight is 409 g/mol. The fraction of sp³-hybridized carbons (Fsp3) is 0.474. The summed E-state index contributed by atoms with van der Waals surface area (Å²) in [5, 5.41) is 7.12. The molecule has 2 aromatic heterocycles. The molecule has 0 amide bonds. The molecule has 0 spiro atoms. The molecule has 2 aromatic rings. The quantitative estimate of drug-likeness (QED) is 0.834. The highest BCUT2D eigenvalue weighted by molar-refractivity contribution is 5.73. The van der Waals surface area contributed by atoms with Crippen LogP contribution in [0.4, 0.5) is 19.1 Å². The molecule has 0 radical (unpaired) electrons. The van der Waals surface area contributed by atoms with Gasteiger partial charge in [-0.05, 0) is 36.5 Å². The molecule has 29 heavy (non-hydrogen) atoms. The lowest BCUT2D eigenvalue weighted by molar-refractivity contribution is -0.192. The van der Waals surface area contributed by atoms with Crippen molar-refractivity contribution in [1.82, 2.24) is 19.9 Å². The molecule has 1 N–H and O–H groups in total. The second kappa shape index (κ2) is 8.73. The lowest BCUT2D eigenvalue weighted by atomic mass is 10.0. The zero-order valence-corrected chi connectivity index (χ0v) is 15.9. The maximum Gasteiger partial charge on any atom is 0.490 e. The molecule has 0 aliphatic carbocycles. The number of carboxylic acid groups (broad SMARTS) is 1. The summed E-state index contributed by atoms with van der Waals surface area (Å²) < 4.78 is 31.7. The van der Waals surface area contributed by atoms with Crippen LogP contribution in [0.3, 0.4) is 0 Å². The number of fused-ring (bicyclic) bond motifs is 1. The van der Waals surface area contributed by atoms with Crippen molar-refractivity contribution in [1.29, 1.82) is 0 Å². The third-order valence-electron chi connectivity index (χ3n) is 4.97. The predicted molar refractivity (Wildman–Crippen MR) is 99.2 cm³/mol. The molecule has 0 bridgehead atoms. The van der Waals surface area contributed by atoms with Crippen LogP contribution in [0.15, 0.2) is 36.8 Å². The molecule has 10 heteroatoms. The molecule has 2 fully saturated rings. The van der Waals surface area contributed by atoms with E-state index in [4.69, 9.17) is 9.90 Å². The SMILES string of the molecule is Cc1cnc(N2C[C@H]3CN(Cc4ccccn4)C[C@H]3C2)nc1.O=C(O)C(F)(F)F. The number of pyridine rings is 1. The minimum atomic E-state index is -5.08. The fourth-order valence-electron chi connectivity index (χ4n) is 3.65. The van der Waals surface area contributed by atoms with Crippen LogP contribution in [-0.2, 0) is 11.3 Å². The van der Waals surface area contributed by atoms with Gasteiger partial charge in [0, 0.05) is 51.3 Å². The van der Waals surface area contributed by atoms with E-state index in [2.05, 4.69) is 36.9 Å². The number of hydrogen-bond acceptors (Lipinski definition) is 6. The summed E-state index contributed by atoms with van der Waals surface area (Å²) in [5.74, 6) is -0.411. The van der Waals surface area contributed by atoms with E-state index in [1.807, 2.05) is 31.6 Å². The Balaban J connectivity index is 0.000000298. The second-order valence-electron chi connectivity index (χ2n) is 7.30. The molecule has 7 nitrogen and oxygen atoms in total. The first-order chi connectivity index (χ1) is 13.7. The Hall–Kier alpha value is -2.75. The lowest BCUT2D eigenvalue weighted by Gasteiger charge is -2.21. The van der Waals surface area contributed by atoms with Crippen LogP contribution in [-0.4, -0.2) is 63.3 Å². The number of carbonyl (C=O) groups is 1. The third kappa shape index (κ3) is 5.63. The number of aliphatic carboxylic acids is 1. The lowest BCUT2D eigenvalue weighted by Crippen LogP contribution is -2.29. The Morgan fingerprint density at radius 3 is 2.17 bits per heavy atom. The molecular formula is C19H22F3N5O2. The van der Waals surface area contributed by atoms with E-state index in [1.54, 1.807) is 0 Å². The summed E-state index contributed by atoms with van der Waals surface area (Å²) in [5.41, 5.74) is 2.28. The number of likely N-dealkylation sites (tertiary alicyclic amines) is 1. The largest absolute Gasteiger partial charge is 0.490 e. The van der Waals surface area contributed by atoms with Gasteiger partial charge in [-0.25, -0.2) is 14.8 Å². The van der Waals surface area contributed by atoms with Gasteiger partial charge in [0.1, 0.15) is 0 Å². The molecule has 2 atom stereocenters. The monoisotopic (exact) mass is 409 g/mol. The highest BCUT2D eigenvalue weighted by Crippen LogP contribution is 2.33. The van der Waals surface area contributed by atoms with Crippen molar-refractivity contribution in [3.05, 3.63) is 48.0 Å². The van der Waals surface area contributed by atoms with Gasteiger partial charge in [0.25, 0.3) is 0 Å². The van der Waals surface area contributed by atoms with Gasteiger partial charge in [0.15, 0.2) is 0 Å². The van der Waals surface area contributed by atoms with Gasteiger partial charge in [-0.3, -0.25) is 9.88 Å². The third-order valence-corrected chi connectivity index (χ3v) is 4.97. The van der Waals surface area contributed by atoms with E-state index in [0.29, 0.717) is 0 Å². The Morgan fingerprint density at radius 2 is 1.69 bits per heavy atom.